The Balaban J connectivity index is 0.00000225. The van der Waals surface area contributed by atoms with Crippen molar-refractivity contribution in [3.8, 4) is 0 Å². The number of carboxylic acid groups (broad SMARTS) is 2. The van der Waals surface area contributed by atoms with Crippen LogP contribution >= 0.6 is 11.8 Å². The smallest absolute Gasteiger partial charge is 0.329 e. The molecule has 1 aromatic heterocycles. The summed E-state index contributed by atoms with van der Waals surface area (Å²) in [6.45, 7) is 1.44. The van der Waals surface area contributed by atoms with Crippen molar-refractivity contribution in [2.45, 2.75) is 35.3 Å². The number of nitrogens with one attached hydrogen (secondary N) is 2. The number of amides is 1. The van der Waals surface area contributed by atoms with Gasteiger partial charge in [-0.2, -0.15) is 5.10 Å². The fraction of sp³-hybridized carbons (Fsp3) is 0.615. The van der Waals surface area contributed by atoms with Crippen molar-refractivity contribution in [3.05, 3.63) is 6.33 Å². The molecule has 0 spiro atoms. The quantitative estimate of drug-likeness (QED) is 0.371. The van der Waals surface area contributed by atoms with Gasteiger partial charge >= 0.3 is 11.9 Å². The standard InChI is InChI=1S/C13H17N5O5S.H3N/c1-4(14)9(19)17-13(11(22)23)2-5(24-12-15-3-16-18-12)6-7(8(6)13)10(20)21;/h3-8H,2,14H2,1H3,(H,17,19)(H,20,21)(H,22,23)(H,15,16,18);1H3/p+1/t4-,5+,6-,7-,8-,13-;/m0./s1. The Morgan fingerprint density at radius 1 is 1.48 bits per heavy atom. The van der Waals surface area contributed by atoms with Crippen molar-refractivity contribution in [2.75, 3.05) is 0 Å². The lowest BCUT2D eigenvalue weighted by Gasteiger charge is -2.30. The Hall–Kier alpha value is -2.18. The van der Waals surface area contributed by atoms with Crippen LogP contribution in [-0.4, -0.2) is 60.1 Å². The van der Waals surface area contributed by atoms with Crippen LogP contribution in [0.2, 0.25) is 0 Å². The minimum atomic E-state index is -1.63. The Labute approximate surface area is 146 Å². The minimum Gasteiger partial charge on any atom is -0.481 e. The van der Waals surface area contributed by atoms with Crippen LogP contribution in [0.15, 0.2) is 11.5 Å². The topological polar surface area (TPSA) is 208 Å². The highest BCUT2D eigenvalue weighted by Crippen LogP contribution is 2.65. The zero-order valence-electron chi connectivity index (χ0n) is 13.7. The van der Waals surface area contributed by atoms with Gasteiger partial charge in [-0.3, -0.25) is 14.7 Å². The van der Waals surface area contributed by atoms with Crippen molar-refractivity contribution in [2.24, 2.45) is 23.5 Å². The molecule has 2 fully saturated rings. The molecular weight excluding hydrogens is 352 g/mol. The van der Waals surface area contributed by atoms with E-state index in [0.717, 1.165) is 0 Å². The number of aromatic amines is 1. The maximum absolute atomic E-state index is 12.0. The molecule has 1 aromatic rings. The van der Waals surface area contributed by atoms with E-state index in [-0.39, 0.29) is 23.7 Å². The number of rotatable bonds is 6. The molecule has 25 heavy (non-hydrogen) atoms. The number of carbonyl (C=O) groups excluding carboxylic acids is 1. The molecule has 1 heterocycles. The van der Waals surface area contributed by atoms with Gasteiger partial charge in [-0.15, -0.1) is 0 Å². The van der Waals surface area contributed by atoms with Crippen LogP contribution in [0.4, 0.5) is 0 Å². The molecule has 2 aliphatic rings. The summed E-state index contributed by atoms with van der Waals surface area (Å²) in [6.07, 6.45) is 1.42. The fourth-order valence-electron chi connectivity index (χ4n) is 3.61. The molecule has 1 amide bonds. The number of aliphatic carboxylic acids is 2. The first-order valence-corrected chi connectivity index (χ1v) is 8.21. The average Bonchev–Trinajstić information content (AvgIpc) is 2.90. The molecule has 6 atom stereocenters. The molecule has 2 saturated carbocycles. The van der Waals surface area contributed by atoms with Crippen LogP contribution in [-0.2, 0) is 14.4 Å². The van der Waals surface area contributed by atoms with Crippen molar-refractivity contribution < 1.29 is 24.6 Å². The number of thioether (sulfide) groups is 1. The highest BCUT2D eigenvalue weighted by atomic mass is 32.2. The number of hydrogen-bond acceptors (Lipinski definition) is 7. The lowest BCUT2D eigenvalue weighted by Crippen LogP contribution is -2.59. The van der Waals surface area contributed by atoms with Gasteiger partial charge in [0, 0.05) is 11.2 Å². The number of aromatic nitrogens is 3. The number of nitrogens with zero attached hydrogens (tertiary/aromatic N) is 2. The average molecular weight is 373 g/mol. The lowest BCUT2D eigenvalue weighted by molar-refractivity contribution is -0.149. The van der Waals surface area contributed by atoms with Crippen LogP contribution in [0.3, 0.4) is 0 Å². The van der Waals surface area contributed by atoms with Crippen LogP contribution in [0.5, 0.6) is 0 Å². The molecule has 0 bridgehead atoms. The summed E-state index contributed by atoms with van der Waals surface area (Å²) < 4.78 is 0. The monoisotopic (exact) mass is 373 g/mol. The second-order valence-electron chi connectivity index (χ2n) is 6.17. The van der Waals surface area contributed by atoms with Crippen LogP contribution < -0.4 is 17.2 Å². The van der Waals surface area contributed by atoms with Crippen molar-refractivity contribution in [3.63, 3.8) is 0 Å². The molecule has 138 valence electrons. The summed E-state index contributed by atoms with van der Waals surface area (Å²) in [4.78, 5) is 39.4. The van der Waals surface area contributed by atoms with Gasteiger partial charge in [-0.25, -0.2) is 9.78 Å². The summed E-state index contributed by atoms with van der Waals surface area (Å²) in [5.74, 6) is -4.76. The summed E-state index contributed by atoms with van der Waals surface area (Å²) in [5.41, 5.74) is 3.89. The van der Waals surface area contributed by atoms with E-state index in [2.05, 4.69) is 20.5 Å². The summed E-state index contributed by atoms with van der Waals surface area (Å²) in [5, 5.41) is 28.2. The van der Waals surface area contributed by atoms with Crippen LogP contribution in [0.1, 0.15) is 13.3 Å². The van der Waals surface area contributed by atoms with E-state index in [1.165, 1.54) is 25.0 Å². The van der Waals surface area contributed by atoms with E-state index in [1.807, 2.05) is 0 Å². The number of hydrogen-bond donors (Lipinski definition) is 6. The second-order valence-corrected chi connectivity index (χ2v) is 7.40. The van der Waals surface area contributed by atoms with E-state index in [9.17, 15) is 24.6 Å². The van der Waals surface area contributed by atoms with Crippen molar-refractivity contribution >= 4 is 29.6 Å². The number of carbonyl (C=O) groups is 3. The molecule has 0 radical (unpaired) electrons. The van der Waals surface area contributed by atoms with Gasteiger partial charge in [0.2, 0.25) is 5.91 Å². The summed E-state index contributed by atoms with van der Waals surface area (Å²) >= 11 is 1.25. The Morgan fingerprint density at radius 3 is 2.64 bits per heavy atom. The number of carboxylic acids is 2. The molecular formula is C13H21N6O5S+. The van der Waals surface area contributed by atoms with E-state index in [1.54, 1.807) is 0 Å². The first-order valence-electron chi connectivity index (χ1n) is 7.33. The van der Waals surface area contributed by atoms with Gasteiger partial charge in [0.1, 0.15) is 11.9 Å². The molecule has 2 aliphatic carbocycles. The fourth-order valence-corrected chi connectivity index (χ4v) is 4.95. The summed E-state index contributed by atoms with van der Waals surface area (Å²) in [7, 11) is 0. The third-order valence-electron chi connectivity index (χ3n) is 4.68. The lowest BCUT2D eigenvalue weighted by atomic mass is 9.89. The zero-order valence-corrected chi connectivity index (χ0v) is 14.5. The van der Waals surface area contributed by atoms with E-state index in [0.29, 0.717) is 5.16 Å². The van der Waals surface area contributed by atoms with E-state index >= 15 is 0 Å². The third-order valence-corrected chi connectivity index (χ3v) is 5.88. The number of nitrogens with two attached hydrogens (primary N) is 1. The SMILES string of the molecule is C[C@H](N)C(=O)N[C@@]1(C(=O)O)C[C@@H](Sc2ncn[nH]2)[C@H]2[C@H](C(=O)O)[C@H]21.[NH4+]. The molecule has 0 unspecified atom stereocenters. The zero-order chi connectivity index (χ0) is 17.6. The molecule has 0 aromatic carbocycles. The van der Waals surface area contributed by atoms with Gasteiger partial charge in [0.15, 0.2) is 5.16 Å². The Morgan fingerprint density at radius 2 is 2.16 bits per heavy atom. The minimum absolute atomic E-state index is 0. The number of quaternary nitrogens is 1. The van der Waals surface area contributed by atoms with Crippen LogP contribution in [0, 0.1) is 17.8 Å². The largest absolute Gasteiger partial charge is 0.481 e. The van der Waals surface area contributed by atoms with Gasteiger partial charge in [-0.05, 0) is 19.3 Å². The van der Waals surface area contributed by atoms with Gasteiger partial charge in [0.25, 0.3) is 0 Å². The molecule has 11 nitrogen and oxygen atoms in total. The predicted molar refractivity (Wildman–Crippen MR) is 86.9 cm³/mol. The molecule has 0 aliphatic heterocycles. The first kappa shape index (κ1) is 19.1. The highest BCUT2D eigenvalue weighted by Gasteiger charge is 2.75. The third kappa shape index (κ3) is 3.07. The summed E-state index contributed by atoms with van der Waals surface area (Å²) in [6, 6.07) is -0.886. The molecule has 3 rings (SSSR count). The van der Waals surface area contributed by atoms with E-state index in [4.69, 9.17) is 5.73 Å². The van der Waals surface area contributed by atoms with E-state index < -0.39 is 41.3 Å². The molecule has 12 heteroatoms. The molecule has 0 saturated heterocycles. The van der Waals surface area contributed by atoms with Crippen LogP contribution in [0.25, 0.3) is 0 Å². The Kier molecular flexibility index (Phi) is 5.06. The molecule has 10 N–H and O–H groups in total. The Bertz CT molecular complexity index is 682. The normalized spacial score (nSPS) is 33.7. The van der Waals surface area contributed by atoms with Gasteiger partial charge in [0.05, 0.1) is 12.0 Å². The predicted octanol–water partition coefficient (Wildman–Crippen LogP) is -0.721. The first-order chi connectivity index (χ1) is 11.3. The van der Waals surface area contributed by atoms with Crippen molar-refractivity contribution in [1.82, 2.24) is 26.6 Å². The van der Waals surface area contributed by atoms with Gasteiger partial charge in [-0.1, -0.05) is 11.8 Å². The maximum Gasteiger partial charge on any atom is 0.329 e. The number of fused-ring (bicyclic) bond motifs is 1. The van der Waals surface area contributed by atoms with Crippen molar-refractivity contribution in [1.29, 1.82) is 0 Å². The highest BCUT2D eigenvalue weighted by molar-refractivity contribution is 7.99. The number of H-pyrrole nitrogens is 1. The van der Waals surface area contributed by atoms with Gasteiger partial charge < -0.3 is 27.4 Å². The second kappa shape index (κ2) is 6.61. The maximum atomic E-state index is 12.0.